The number of benzene rings is 2. The SMILES string of the molecule is CCN(CC)C(=O)c1ccc(NCc2c(F)cccc2N2CCCC2)cc1. The number of nitrogens with zero attached hydrogens (tertiary/aromatic N) is 2. The number of halogens is 1. The molecule has 1 fully saturated rings. The highest BCUT2D eigenvalue weighted by molar-refractivity contribution is 5.94. The van der Waals surface area contributed by atoms with Gasteiger partial charge in [0.1, 0.15) is 5.82 Å². The third-order valence-electron chi connectivity index (χ3n) is 5.19. The standard InChI is InChI=1S/C22H28FN3O/c1-3-25(4-2)22(27)17-10-12-18(13-11-17)24-16-19-20(23)8-7-9-21(19)26-14-5-6-15-26/h7-13,24H,3-6,14-16H2,1-2H3. The van der Waals surface area contributed by atoms with Crippen molar-refractivity contribution in [3.05, 3.63) is 59.4 Å². The Balaban J connectivity index is 1.70. The lowest BCUT2D eigenvalue weighted by molar-refractivity contribution is 0.0773. The minimum Gasteiger partial charge on any atom is -0.381 e. The molecule has 5 heteroatoms. The van der Waals surface area contributed by atoms with Gasteiger partial charge in [0.2, 0.25) is 0 Å². The van der Waals surface area contributed by atoms with Crippen molar-refractivity contribution < 1.29 is 9.18 Å². The zero-order valence-corrected chi connectivity index (χ0v) is 16.2. The molecule has 1 N–H and O–H groups in total. The predicted octanol–water partition coefficient (Wildman–Crippen LogP) is 4.52. The van der Waals surface area contributed by atoms with Crippen molar-refractivity contribution >= 4 is 17.3 Å². The highest BCUT2D eigenvalue weighted by atomic mass is 19.1. The summed E-state index contributed by atoms with van der Waals surface area (Å²) in [5.41, 5.74) is 3.23. The van der Waals surface area contributed by atoms with Crippen LogP contribution in [0.3, 0.4) is 0 Å². The fraction of sp³-hybridized carbons (Fsp3) is 0.409. The van der Waals surface area contributed by atoms with E-state index < -0.39 is 0 Å². The minimum atomic E-state index is -0.180. The molecule has 0 spiro atoms. The summed E-state index contributed by atoms with van der Waals surface area (Å²) in [4.78, 5) is 16.4. The molecule has 1 aliphatic heterocycles. The third-order valence-corrected chi connectivity index (χ3v) is 5.19. The summed E-state index contributed by atoms with van der Waals surface area (Å²) < 4.78 is 14.4. The summed E-state index contributed by atoms with van der Waals surface area (Å²) in [6, 6.07) is 12.7. The van der Waals surface area contributed by atoms with Crippen LogP contribution in [0.25, 0.3) is 0 Å². The van der Waals surface area contributed by atoms with E-state index in [0.29, 0.717) is 30.8 Å². The van der Waals surface area contributed by atoms with Crippen LogP contribution in [0.15, 0.2) is 42.5 Å². The Morgan fingerprint density at radius 3 is 2.37 bits per heavy atom. The molecule has 0 aliphatic carbocycles. The normalized spacial score (nSPS) is 13.7. The van der Waals surface area contributed by atoms with E-state index in [1.165, 1.54) is 6.07 Å². The van der Waals surface area contributed by atoms with Crippen molar-refractivity contribution in [1.29, 1.82) is 0 Å². The second-order valence-corrected chi connectivity index (χ2v) is 6.84. The monoisotopic (exact) mass is 369 g/mol. The summed E-state index contributed by atoms with van der Waals surface area (Å²) in [5.74, 6) is -0.141. The Labute approximate surface area is 161 Å². The first-order valence-electron chi connectivity index (χ1n) is 9.79. The minimum absolute atomic E-state index is 0.0389. The maximum Gasteiger partial charge on any atom is 0.253 e. The Morgan fingerprint density at radius 2 is 1.74 bits per heavy atom. The summed E-state index contributed by atoms with van der Waals surface area (Å²) in [7, 11) is 0. The molecule has 3 rings (SSSR count). The zero-order valence-electron chi connectivity index (χ0n) is 16.2. The molecule has 0 radical (unpaired) electrons. The second kappa shape index (κ2) is 8.89. The van der Waals surface area contributed by atoms with E-state index in [4.69, 9.17) is 0 Å². The molecule has 2 aromatic rings. The van der Waals surface area contributed by atoms with Crippen LogP contribution in [0.4, 0.5) is 15.8 Å². The summed E-state index contributed by atoms with van der Waals surface area (Å²) in [6.07, 6.45) is 2.32. The molecule has 27 heavy (non-hydrogen) atoms. The predicted molar refractivity (Wildman–Crippen MR) is 109 cm³/mol. The molecular formula is C22H28FN3O. The highest BCUT2D eigenvalue weighted by Crippen LogP contribution is 2.27. The Hall–Kier alpha value is -2.56. The zero-order chi connectivity index (χ0) is 19.2. The van der Waals surface area contributed by atoms with Gasteiger partial charge in [-0.15, -0.1) is 0 Å². The second-order valence-electron chi connectivity index (χ2n) is 6.84. The lowest BCUT2D eigenvalue weighted by atomic mass is 10.1. The first kappa shape index (κ1) is 19.2. The van der Waals surface area contributed by atoms with Gasteiger partial charge in [-0.25, -0.2) is 4.39 Å². The van der Waals surface area contributed by atoms with E-state index in [0.717, 1.165) is 37.3 Å². The van der Waals surface area contributed by atoms with Crippen molar-refractivity contribution in [2.24, 2.45) is 0 Å². The quantitative estimate of drug-likeness (QED) is 0.779. The fourth-order valence-electron chi connectivity index (χ4n) is 3.59. The molecule has 1 saturated heterocycles. The molecule has 1 heterocycles. The van der Waals surface area contributed by atoms with Gasteiger partial charge in [0.15, 0.2) is 0 Å². The molecule has 0 saturated carbocycles. The average Bonchev–Trinajstić information content (AvgIpc) is 3.23. The van der Waals surface area contributed by atoms with Crippen LogP contribution in [0.1, 0.15) is 42.6 Å². The fourth-order valence-corrected chi connectivity index (χ4v) is 3.59. The molecule has 0 unspecified atom stereocenters. The molecular weight excluding hydrogens is 341 g/mol. The number of amides is 1. The molecule has 2 aromatic carbocycles. The first-order chi connectivity index (χ1) is 13.1. The van der Waals surface area contributed by atoms with E-state index in [-0.39, 0.29) is 11.7 Å². The molecule has 1 amide bonds. The van der Waals surface area contributed by atoms with Crippen LogP contribution >= 0.6 is 0 Å². The smallest absolute Gasteiger partial charge is 0.253 e. The molecule has 1 aliphatic rings. The maximum atomic E-state index is 14.4. The first-order valence-corrected chi connectivity index (χ1v) is 9.79. The highest BCUT2D eigenvalue weighted by Gasteiger charge is 2.18. The number of carbonyl (C=O) groups excluding carboxylic acids is 1. The molecule has 144 valence electrons. The van der Waals surface area contributed by atoms with Crippen molar-refractivity contribution in [2.75, 3.05) is 36.4 Å². The van der Waals surface area contributed by atoms with Crippen LogP contribution in [-0.2, 0) is 6.54 Å². The number of hydrogen-bond acceptors (Lipinski definition) is 3. The Morgan fingerprint density at radius 1 is 1.07 bits per heavy atom. The lowest BCUT2D eigenvalue weighted by Gasteiger charge is -2.22. The van der Waals surface area contributed by atoms with E-state index in [9.17, 15) is 9.18 Å². The van der Waals surface area contributed by atoms with Gasteiger partial charge < -0.3 is 15.1 Å². The average molecular weight is 369 g/mol. The van der Waals surface area contributed by atoms with Gasteiger partial charge >= 0.3 is 0 Å². The van der Waals surface area contributed by atoms with Gasteiger partial charge in [-0.05, 0) is 63.1 Å². The summed E-state index contributed by atoms with van der Waals surface area (Å²) in [5, 5.41) is 3.30. The Kier molecular flexibility index (Phi) is 6.32. The van der Waals surface area contributed by atoms with Gasteiger partial charge in [0, 0.05) is 55.2 Å². The molecule has 0 bridgehead atoms. The number of nitrogens with one attached hydrogen (secondary N) is 1. The van der Waals surface area contributed by atoms with Crippen LogP contribution in [-0.4, -0.2) is 37.0 Å². The van der Waals surface area contributed by atoms with Gasteiger partial charge in [0.05, 0.1) is 0 Å². The number of rotatable bonds is 7. The summed E-state index contributed by atoms with van der Waals surface area (Å²) in [6.45, 7) is 7.73. The van der Waals surface area contributed by atoms with Crippen molar-refractivity contribution in [3.63, 3.8) is 0 Å². The van der Waals surface area contributed by atoms with Gasteiger partial charge in [-0.1, -0.05) is 6.07 Å². The van der Waals surface area contributed by atoms with E-state index in [1.807, 2.05) is 44.2 Å². The van der Waals surface area contributed by atoms with Gasteiger partial charge in [-0.3, -0.25) is 4.79 Å². The van der Waals surface area contributed by atoms with E-state index in [2.05, 4.69) is 10.2 Å². The largest absolute Gasteiger partial charge is 0.381 e. The molecule has 0 aromatic heterocycles. The van der Waals surface area contributed by atoms with Crippen molar-refractivity contribution in [1.82, 2.24) is 4.90 Å². The number of carbonyl (C=O) groups is 1. The van der Waals surface area contributed by atoms with Crippen LogP contribution in [0, 0.1) is 5.82 Å². The molecule has 0 atom stereocenters. The summed E-state index contributed by atoms with van der Waals surface area (Å²) >= 11 is 0. The number of hydrogen-bond donors (Lipinski definition) is 1. The van der Waals surface area contributed by atoms with E-state index in [1.54, 1.807) is 11.0 Å². The van der Waals surface area contributed by atoms with Gasteiger partial charge in [-0.2, -0.15) is 0 Å². The number of anilines is 2. The van der Waals surface area contributed by atoms with E-state index >= 15 is 0 Å². The van der Waals surface area contributed by atoms with Crippen LogP contribution in [0.2, 0.25) is 0 Å². The Bertz CT molecular complexity index is 766. The van der Waals surface area contributed by atoms with Crippen LogP contribution < -0.4 is 10.2 Å². The van der Waals surface area contributed by atoms with Gasteiger partial charge in [0.25, 0.3) is 5.91 Å². The maximum absolute atomic E-state index is 14.4. The third kappa shape index (κ3) is 4.41. The van der Waals surface area contributed by atoms with Crippen molar-refractivity contribution in [2.45, 2.75) is 33.2 Å². The lowest BCUT2D eigenvalue weighted by Crippen LogP contribution is -2.30. The van der Waals surface area contributed by atoms with Crippen molar-refractivity contribution in [3.8, 4) is 0 Å². The molecule has 4 nitrogen and oxygen atoms in total. The van der Waals surface area contributed by atoms with Crippen LogP contribution in [0.5, 0.6) is 0 Å². The topological polar surface area (TPSA) is 35.6 Å².